The fraction of sp³-hybridized carbons (Fsp3) is 0.471. The molecule has 1 atom stereocenters. The lowest BCUT2D eigenvalue weighted by Gasteiger charge is -2.27. The van der Waals surface area contributed by atoms with Gasteiger partial charge in [-0.3, -0.25) is 4.79 Å². The van der Waals surface area contributed by atoms with E-state index < -0.39 is 0 Å². The number of aromatic nitrogens is 3. The first kappa shape index (κ1) is 16.6. The molecule has 0 spiro atoms. The van der Waals surface area contributed by atoms with Crippen LogP contribution in [0.3, 0.4) is 0 Å². The van der Waals surface area contributed by atoms with Gasteiger partial charge in [-0.05, 0) is 37.1 Å². The number of benzene rings is 1. The molecule has 3 rings (SSSR count). The first-order valence-corrected chi connectivity index (χ1v) is 8.04. The molecule has 1 amide bonds. The van der Waals surface area contributed by atoms with Crippen molar-refractivity contribution in [2.75, 3.05) is 27.3 Å². The fourth-order valence-corrected chi connectivity index (χ4v) is 3.03. The largest absolute Gasteiger partial charge is 0.383 e. The van der Waals surface area contributed by atoms with Gasteiger partial charge in [-0.1, -0.05) is 0 Å². The van der Waals surface area contributed by atoms with Crippen LogP contribution in [-0.2, 0) is 16.1 Å². The highest BCUT2D eigenvalue weighted by Crippen LogP contribution is 2.31. The second-order valence-corrected chi connectivity index (χ2v) is 5.99. The van der Waals surface area contributed by atoms with Gasteiger partial charge in [-0.25, -0.2) is 4.39 Å². The van der Waals surface area contributed by atoms with Crippen LogP contribution < -0.4 is 0 Å². The number of carbonyl (C=O) groups is 1. The van der Waals surface area contributed by atoms with Crippen LogP contribution in [0, 0.1) is 5.82 Å². The maximum atomic E-state index is 13.1. The first-order chi connectivity index (χ1) is 11.6. The van der Waals surface area contributed by atoms with Crippen molar-refractivity contribution >= 4 is 5.91 Å². The molecule has 0 N–H and O–H groups in total. The topological polar surface area (TPSA) is 60.2 Å². The summed E-state index contributed by atoms with van der Waals surface area (Å²) in [5.74, 6) is 0.829. The Morgan fingerprint density at radius 3 is 2.83 bits per heavy atom. The Kier molecular flexibility index (Phi) is 4.89. The molecule has 1 aromatic heterocycles. The maximum Gasteiger partial charge on any atom is 0.233 e. The van der Waals surface area contributed by atoms with E-state index in [0.29, 0.717) is 24.8 Å². The van der Waals surface area contributed by atoms with Crippen molar-refractivity contribution < 1.29 is 13.9 Å². The summed E-state index contributed by atoms with van der Waals surface area (Å²) in [4.78, 5) is 14.4. The number of fused-ring (bicyclic) bond motifs is 1. The van der Waals surface area contributed by atoms with Gasteiger partial charge in [0, 0.05) is 32.8 Å². The highest BCUT2D eigenvalue weighted by molar-refractivity contribution is 5.83. The summed E-state index contributed by atoms with van der Waals surface area (Å²) in [6, 6.07) is 6.17. The number of carbonyl (C=O) groups excluding carboxylic acids is 1. The van der Waals surface area contributed by atoms with E-state index in [4.69, 9.17) is 4.74 Å². The number of nitrogens with zero attached hydrogens (tertiary/aromatic N) is 4. The molecular formula is C17H21FN4O2. The quantitative estimate of drug-likeness (QED) is 0.841. The van der Waals surface area contributed by atoms with Crippen LogP contribution in [0.5, 0.6) is 0 Å². The lowest BCUT2D eigenvalue weighted by molar-refractivity contribution is -0.132. The number of halogens is 1. The molecular weight excluding hydrogens is 311 g/mol. The Morgan fingerprint density at radius 2 is 2.12 bits per heavy atom. The van der Waals surface area contributed by atoms with Gasteiger partial charge in [0.15, 0.2) is 5.82 Å². The Labute approximate surface area is 140 Å². The molecule has 0 saturated heterocycles. The summed E-state index contributed by atoms with van der Waals surface area (Å²) in [7, 11) is 3.39. The zero-order valence-corrected chi connectivity index (χ0v) is 13.9. The van der Waals surface area contributed by atoms with Gasteiger partial charge in [0.05, 0.1) is 12.5 Å². The smallest absolute Gasteiger partial charge is 0.233 e. The normalized spacial score (nSPS) is 16.7. The number of methoxy groups -OCH3 is 1. The Hall–Kier alpha value is -2.28. The Morgan fingerprint density at radius 1 is 1.38 bits per heavy atom. The molecule has 0 aliphatic carbocycles. The van der Waals surface area contributed by atoms with Crippen LogP contribution in [0.1, 0.15) is 24.6 Å². The van der Waals surface area contributed by atoms with Gasteiger partial charge in [0.25, 0.3) is 0 Å². The fourth-order valence-electron chi connectivity index (χ4n) is 3.03. The minimum Gasteiger partial charge on any atom is -0.383 e. The number of amides is 1. The van der Waals surface area contributed by atoms with E-state index in [1.54, 1.807) is 31.2 Å². The molecule has 128 valence electrons. The predicted molar refractivity (Wildman–Crippen MR) is 86.9 cm³/mol. The summed E-state index contributed by atoms with van der Waals surface area (Å²) in [6.45, 7) is 1.81. The van der Waals surface area contributed by atoms with E-state index in [1.807, 2.05) is 4.57 Å². The lowest BCUT2D eigenvalue weighted by Crippen LogP contribution is -2.36. The molecule has 0 fully saturated rings. The number of hydrogen-bond donors (Lipinski definition) is 0. The highest BCUT2D eigenvalue weighted by Gasteiger charge is 2.32. The van der Waals surface area contributed by atoms with Crippen molar-refractivity contribution in [1.82, 2.24) is 19.7 Å². The summed E-state index contributed by atoms with van der Waals surface area (Å²) in [5, 5.41) is 8.51. The number of rotatable bonds is 5. The Bertz CT molecular complexity index is 714. The van der Waals surface area contributed by atoms with Crippen LogP contribution >= 0.6 is 0 Å². The van der Waals surface area contributed by atoms with E-state index in [2.05, 4.69) is 10.2 Å². The van der Waals surface area contributed by atoms with E-state index in [9.17, 15) is 9.18 Å². The molecule has 1 unspecified atom stereocenters. The van der Waals surface area contributed by atoms with Crippen molar-refractivity contribution in [3.63, 3.8) is 0 Å². The summed E-state index contributed by atoms with van der Waals surface area (Å²) >= 11 is 0. The van der Waals surface area contributed by atoms with Gasteiger partial charge in [0.2, 0.25) is 5.91 Å². The van der Waals surface area contributed by atoms with Crippen LogP contribution in [0.4, 0.5) is 4.39 Å². The predicted octanol–water partition coefficient (Wildman–Crippen LogP) is 2.07. The second kappa shape index (κ2) is 7.09. The van der Waals surface area contributed by atoms with E-state index >= 15 is 0 Å². The minimum absolute atomic E-state index is 0.0334. The van der Waals surface area contributed by atoms with Crippen LogP contribution in [0.2, 0.25) is 0 Å². The molecule has 6 nitrogen and oxygen atoms in total. The molecule has 24 heavy (non-hydrogen) atoms. The zero-order chi connectivity index (χ0) is 17.1. The Balaban J connectivity index is 1.87. The second-order valence-electron chi connectivity index (χ2n) is 5.99. The van der Waals surface area contributed by atoms with Crippen molar-refractivity contribution in [3.8, 4) is 11.4 Å². The summed E-state index contributed by atoms with van der Waals surface area (Å²) in [5.41, 5.74) is 0.802. The van der Waals surface area contributed by atoms with Gasteiger partial charge in [-0.2, -0.15) is 0 Å². The monoisotopic (exact) mass is 332 g/mol. The third kappa shape index (κ3) is 3.17. The maximum absolute atomic E-state index is 13.1. The summed E-state index contributed by atoms with van der Waals surface area (Å²) < 4.78 is 20.1. The molecule has 2 aromatic rings. The standard InChI is InChI=1S/C17H21FN4O2/c1-21(10-11-24-2)17(23)14-4-3-9-22-15(19-20-16(14)22)12-5-7-13(18)8-6-12/h5-8,14H,3-4,9-11H2,1-2H3. The molecule has 0 bridgehead atoms. The number of ether oxygens (including phenoxy) is 1. The average molecular weight is 332 g/mol. The van der Waals surface area contributed by atoms with Crippen molar-refractivity contribution in [2.45, 2.75) is 25.3 Å². The number of likely N-dealkylation sites (N-methyl/N-ethyl adjacent to an activating group) is 1. The average Bonchev–Trinajstić information content (AvgIpc) is 3.03. The number of hydrogen-bond acceptors (Lipinski definition) is 4. The molecule has 1 aliphatic rings. The van der Waals surface area contributed by atoms with Crippen molar-refractivity contribution in [1.29, 1.82) is 0 Å². The van der Waals surface area contributed by atoms with Gasteiger partial charge >= 0.3 is 0 Å². The third-order valence-corrected chi connectivity index (χ3v) is 4.37. The highest BCUT2D eigenvalue weighted by atomic mass is 19.1. The molecule has 0 radical (unpaired) electrons. The van der Waals surface area contributed by atoms with E-state index in [1.165, 1.54) is 12.1 Å². The van der Waals surface area contributed by atoms with Gasteiger partial charge < -0.3 is 14.2 Å². The van der Waals surface area contributed by atoms with Crippen LogP contribution in [0.25, 0.3) is 11.4 Å². The molecule has 1 aromatic carbocycles. The SMILES string of the molecule is COCCN(C)C(=O)C1CCCn2c(-c3ccc(F)cc3)nnc21. The molecule has 7 heteroatoms. The van der Waals surface area contributed by atoms with E-state index in [0.717, 1.165) is 24.9 Å². The van der Waals surface area contributed by atoms with E-state index in [-0.39, 0.29) is 17.6 Å². The van der Waals surface area contributed by atoms with Gasteiger partial charge in [-0.15, -0.1) is 10.2 Å². The van der Waals surface area contributed by atoms with Crippen LogP contribution in [0.15, 0.2) is 24.3 Å². The zero-order valence-electron chi connectivity index (χ0n) is 13.9. The molecule has 0 saturated carbocycles. The van der Waals surface area contributed by atoms with Crippen molar-refractivity contribution in [2.24, 2.45) is 0 Å². The molecule has 1 aliphatic heterocycles. The minimum atomic E-state index is -0.290. The van der Waals surface area contributed by atoms with Crippen LogP contribution in [-0.4, -0.2) is 52.9 Å². The third-order valence-electron chi connectivity index (χ3n) is 4.37. The lowest BCUT2D eigenvalue weighted by atomic mass is 9.97. The summed E-state index contributed by atoms with van der Waals surface area (Å²) in [6.07, 6.45) is 1.64. The first-order valence-electron chi connectivity index (χ1n) is 8.04. The van der Waals surface area contributed by atoms with Gasteiger partial charge in [0.1, 0.15) is 11.6 Å². The molecule has 2 heterocycles. The van der Waals surface area contributed by atoms with Crippen molar-refractivity contribution in [3.05, 3.63) is 35.9 Å².